The summed E-state index contributed by atoms with van der Waals surface area (Å²) in [6, 6.07) is 7.57. The molecular formula is C24H25FN6O2. The van der Waals surface area contributed by atoms with Gasteiger partial charge in [0.2, 0.25) is 5.91 Å². The van der Waals surface area contributed by atoms with E-state index in [-0.39, 0.29) is 30.1 Å². The van der Waals surface area contributed by atoms with E-state index >= 15 is 0 Å². The highest BCUT2D eigenvalue weighted by Gasteiger charge is 2.37. The van der Waals surface area contributed by atoms with Gasteiger partial charge in [-0.3, -0.25) is 19.2 Å². The summed E-state index contributed by atoms with van der Waals surface area (Å²) in [5.41, 5.74) is 2.79. The highest BCUT2D eigenvalue weighted by atomic mass is 19.1. The standard InChI is InChI=1S/C24H25FN6O2/c1-3-29-12-10-19(28-29)24(33)30-11-4-5-20(30)22-26-15(2)18-13-21(32)31(23(18)27-22)14-16-6-8-17(25)9-7-16/h6-10,12,20H,3-5,11,13-14H2,1-2H3/t20-/m1/s1. The highest BCUT2D eigenvalue weighted by molar-refractivity contribution is 6.00. The quantitative estimate of drug-likeness (QED) is 0.599. The maximum Gasteiger partial charge on any atom is 0.274 e. The number of aromatic nitrogens is 4. The molecule has 0 saturated carbocycles. The lowest BCUT2D eigenvalue weighted by Crippen LogP contribution is -2.32. The van der Waals surface area contributed by atoms with E-state index in [9.17, 15) is 14.0 Å². The molecule has 3 aromatic rings. The second-order valence-electron chi connectivity index (χ2n) is 8.47. The van der Waals surface area contributed by atoms with Crippen LogP contribution in [0.15, 0.2) is 36.5 Å². The summed E-state index contributed by atoms with van der Waals surface area (Å²) in [6.45, 7) is 5.47. The Morgan fingerprint density at radius 2 is 1.97 bits per heavy atom. The van der Waals surface area contributed by atoms with Gasteiger partial charge in [-0.1, -0.05) is 12.1 Å². The fourth-order valence-corrected chi connectivity index (χ4v) is 4.56. The first-order valence-corrected chi connectivity index (χ1v) is 11.2. The Kier molecular flexibility index (Phi) is 5.39. The molecule has 1 fully saturated rings. The van der Waals surface area contributed by atoms with Gasteiger partial charge in [-0.05, 0) is 50.5 Å². The van der Waals surface area contributed by atoms with Gasteiger partial charge in [-0.2, -0.15) is 5.10 Å². The first-order valence-electron chi connectivity index (χ1n) is 11.2. The maximum absolute atomic E-state index is 13.3. The zero-order valence-corrected chi connectivity index (χ0v) is 18.7. The lowest BCUT2D eigenvalue weighted by molar-refractivity contribution is -0.117. The van der Waals surface area contributed by atoms with E-state index in [2.05, 4.69) is 5.10 Å². The predicted molar refractivity (Wildman–Crippen MR) is 119 cm³/mol. The van der Waals surface area contributed by atoms with Gasteiger partial charge < -0.3 is 4.90 Å². The molecule has 0 N–H and O–H groups in total. The van der Waals surface area contributed by atoms with Crippen LogP contribution in [0.4, 0.5) is 10.2 Å². The van der Waals surface area contributed by atoms with Crippen LogP contribution < -0.4 is 4.90 Å². The Hall–Kier alpha value is -3.62. The number of carbonyl (C=O) groups is 2. The summed E-state index contributed by atoms with van der Waals surface area (Å²) < 4.78 is 15.0. The van der Waals surface area contributed by atoms with Gasteiger partial charge in [0.25, 0.3) is 5.91 Å². The molecule has 0 radical (unpaired) electrons. The highest BCUT2D eigenvalue weighted by Crippen LogP contribution is 2.36. The lowest BCUT2D eigenvalue weighted by Gasteiger charge is -2.24. The fraction of sp³-hybridized carbons (Fsp3) is 0.375. The summed E-state index contributed by atoms with van der Waals surface area (Å²) in [6.07, 6.45) is 3.64. The maximum atomic E-state index is 13.3. The van der Waals surface area contributed by atoms with E-state index < -0.39 is 0 Å². The summed E-state index contributed by atoms with van der Waals surface area (Å²) in [4.78, 5) is 38.9. The van der Waals surface area contributed by atoms with Crippen molar-refractivity contribution in [3.8, 4) is 0 Å². The summed E-state index contributed by atoms with van der Waals surface area (Å²) in [5, 5.41) is 4.36. The van der Waals surface area contributed by atoms with Crippen LogP contribution in [0, 0.1) is 12.7 Å². The minimum absolute atomic E-state index is 0.0617. The van der Waals surface area contributed by atoms with Gasteiger partial charge in [0, 0.05) is 30.5 Å². The Morgan fingerprint density at radius 1 is 1.18 bits per heavy atom. The monoisotopic (exact) mass is 448 g/mol. The number of amides is 2. The van der Waals surface area contributed by atoms with E-state index in [4.69, 9.17) is 9.97 Å². The molecule has 1 aromatic carbocycles. The molecule has 2 amide bonds. The molecule has 33 heavy (non-hydrogen) atoms. The number of nitrogens with zero attached hydrogens (tertiary/aromatic N) is 6. The molecule has 1 saturated heterocycles. The number of hydrogen-bond acceptors (Lipinski definition) is 5. The summed E-state index contributed by atoms with van der Waals surface area (Å²) in [5.74, 6) is 0.619. The van der Waals surface area contributed by atoms with E-state index in [1.54, 1.807) is 38.9 Å². The van der Waals surface area contributed by atoms with Crippen molar-refractivity contribution in [3.63, 3.8) is 0 Å². The number of halogens is 1. The normalized spacial score (nSPS) is 17.7. The van der Waals surface area contributed by atoms with Crippen molar-refractivity contribution >= 4 is 17.6 Å². The Morgan fingerprint density at radius 3 is 2.70 bits per heavy atom. The Bertz CT molecular complexity index is 1220. The van der Waals surface area contributed by atoms with E-state index in [0.29, 0.717) is 37.0 Å². The van der Waals surface area contributed by atoms with Crippen molar-refractivity contribution < 1.29 is 14.0 Å². The molecule has 0 unspecified atom stereocenters. The van der Waals surface area contributed by atoms with Crippen molar-refractivity contribution in [1.29, 1.82) is 0 Å². The summed E-state index contributed by atoms with van der Waals surface area (Å²) in [7, 11) is 0. The Labute approximate surface area is 191 Å². The number of benzene rings is 1. The number of anilines is 1. The second-order valence-corrected chi connectivity index (χ2v) is 8.47. The number of carbonyl (C=O) groups excluding carboxylic acids is 2. The minimum Gasteiger partial charge on any atom is -0.327 e. The molecule has 9 heteroatoms. The molecule has 2 aromatic heterocycles. The van der Waals surface area contributed by atoms with Crippen LogP contribution in [0.3, 0.4) is 0 Å². The van der Waals surface area contributed by atoms with Crippen molar-refractivity contribution in [1.82, 2.24) is 24.6 Å². The predicted octanol–water partition coefficient (Wildman–Crippen LogP) is 3.21. The van der Waals surface area contributed by atoms with Crippen molar-refractivity contribution in [2.24, 2.45) is 0 Å². The lowest BCUT2D eigenvalue weighted by atomic mass is 10.1. The zero-order chi connectivity index (χ0) is 23.1. The fourth-order valence-electron chi connectivity index (χ4n) is 4.56. The number of fused-ring (bicyclic) bond motifs is 1. The van der Waals surface area contributed by atoms with Crippen LogP contribution in [0.1, 0.15) is 58.9 Å². The van der Waals surface area contributed by atoms with Gasteiger partial charge in [0.05, 0.1) is 19.0 Å². The van der Waals surface area contributed by atoms with Crippen LogP contribution in [-0.2, 0) is 24.3 Å². The molecule has 1 atom stereocenters. The van der Waals surface area contributed by atoms with Crippen molar-refractivity contribution in [2.45, 2.75) is 52.2 Å². The third-order valence-electron chi connectivity index (χ3n) is 6.34. The van der Waals surface area contributed by atoms with Crippen LogP contribution in [0.25, 0.3) is 0 Å². The van der Waals surface area contributed by atoms with E-state index in [0.717, 1.165) is 29.7 Å². The van der Waals surface area contributed by atoms with Crippen LogP contribution in [0.5, 0.6) is 0 Å². The number of rotatable bonds is 5. The van der Waals surface area contributed by atoms with Gasteiger partial charge in [-0.15, -0.1) is 0 Å². The zero-order valence-electron chi connectivity index (χ0n) is 18.7. The van der Waals surface area contributed by atoms with Crippen LogP contribution in [0.2, 0.25) is 0 Å². The molecule has 4 heterocycles. The van der Waals surface area contributed by atoms with Crippen molar-refractivity contribution in [3.05, 3.63) is 70.7 Å². The SMILES string of the molecule is CCn1ccc(C(=O)N2CCC[C@@H]2c2nc(C)c3c(n2)N(Cc2ccc(F)cc2)C(=O)C3)n1. The largest absolute Gasteiger partial charge is 0.327 e. The number of likely N-dealkylation sites (tertiary alicyclic amines) is 1. The van der Waals surface area contributed by atoms with Crippen LogP contribution in [-0.4, -0.2) is 43.0 Å². The molecule has 0 bridgehead atoms. The topological polar surface area (TPSA) is 84.2 Å². The third kappa shape index (κ3) is 3.88. The molecule has 0 spiro atoms. The molecular weight excluding hydrogens is 423 g/mol. The average molecular weight is 449 g/mol. The average Bonchev–Trinajstić information content (AvgIpc) is 3.55. The van der Waals surface area contributed by atoms with Gasteiger partial charge in [0.15, 0.2) is 5.82 Å². The molecule has 8 nitrogen and oxygen atoms in total. The van der Waals surface area contributed by atoms with E-state index in [1.807, 2.05) is 13.8 Å². The molecule has 5 rings (SSSR count). The van der Waals surface area contributed by atoms with Crippen LogP contribution >= 0.6 is 0 Å². The molecule has 170 valence electrons. The third-order valence-corrected chi connectivity index (χ3v) is 6.34. The Balaban J connectivity index is 1.45. The molecule has 2 aliphatic heterocycles. The first-order chi connectivity index (χ1) is 15.9. The van der Waals surface area contributed by atoms with Gasteiger partial charge >= 0.3 is 0 Å². The van der Waals surface area contributed by atoms with E-state index in [1.165, 1.54) is 12.1 Å². The number of aryl methyl sites for hydroxylation is 2. The van der Waals surface area contributed by atoms with Gasteiger partial charge in [0.1, 0.15) is 17.3 Å². The minimum atomic E-state index is -0.317. The van der Waals surface area contributed by atoms with Crippen molar-refractivity contribution in [2.75, 3.05) is 11.4 Å². The first kappa shape index (κ1) is 21.2. The second kappa shape index (κ2) is 8.38. The summed E-state index contributed by atoms with van der Waals surface area (Å²) >= 11 is 0. The molecule has 0 aliphatic carbocycles. The molecule has 2 aliphatic rings. The number of hydrogen-bond donors (Lipinski definition) is 0. The van der Waals surface area contributed by atoms with Gasteiger partial charge in [-0.25, -0.2) is 14.4 Å². The smallest absolute Gasteiger partial charge is 0.274 e.